The predicted octanol–water partition coefficient (Wildman–Crippen LogP) is 3.19. The molecule has 0 amide bonds. The number of H-pyrrole nitrogens is 1. The number of anilines is 2. The number of hydrogen-bond donors (Lipinski definition) is 2. The number of nitrogens with zero attached hydrogens (tertiary/aromatic N) is 5. The predicted molar refractivity (Wildman–Crippen MR) is 110 cm³/mol. The van der Waals surface area contributed by atoms with Gasteiger partial charge in [0, 0.05) is 18.1 Å². The van der Waals surface area contributed by atoms with Crippen LogP contribution >= 0.6 is 0 Å². The molecule has 5 rings (SSSR count). The van der Waals surface area contributed by atoms with E-state index in [2.05, 4.69) is 25.5 Å². The van der Waals surface area contributed by atoms with Gasteiger partial charge in [-0.25, -0.2) is 15.0 Å². The quantitative estimate of drug-likeness (QED) is 0.480. The average molecular weight is 407 g/mol. The number of nitrogens with one attached hydrogen (secondary N) is 2. The van der Waals surface area contributed by atoms with Crippen molar-refractivity contribution in [3.63, 3.8) is 0 Å². The second-order valence-electron chi connectivity index (χ2n) is 7.01. The minimum Gasteiger partial charge on any atom is -0.493 e. The molecule has 2 N–H and O–H groups in total. The third-order valence-electron chi connectivity index (χ3n) is 5.05. The Morgan fingerprint density at radius 3 is 2.50 bits per heavy atom. The van der Waals surface area contributed by atoms with Crippen LogP contribution in [0.15, 0.2) is 30.9 Å². The van der Waals surface area contributed by atoms with Crippen molar-refractivity contribution in [3.8, 4) is 22.9 Å². The lowest BCUT2D eigenvalue weighted by molar-refractivity contribution is 0.324. The van der Waals surface area contributed by atoms with Gasteiger partial charge < -0.3 is 24.1 Å². The number of rotatable bonds is 7. The minimum atomic E-state index is 0.426. The number of aromatic amines is 1. The highest BCUT2D eigenvalue weighted by molar-refractivity contribution is 5.87. The third kappa shape index (κ3) is 3.15. The highest BCUT2D eigenvalue weighted by Crippen LogP contribution is 2.40. The lowest BCUT2D eigenvalue weighted by Crippen LogP contribution is -2.01. The number of imidazole rings is 1. The van der Waals surface area contributed by atoms with Gasteiger partial charge in [0.2, 0.25) is 5.75 Å². The van der Waals surface area contributed by atoms with Gasteiger partial charge in [-0.05, 0) is 12.8 Å². The molecule has 0 aliphatic heterocycles. The number of ether oxygens (including phenoxy) is 3. The molecule has 10 heteroatoms. The van der Waals surface area contributed by atoms with Crippen molar-refractivity contribution in [3.05, 3.63) is 36.7 Å². The summed E-state index contributed by atoms with van der Waals surface area (Å²) in [6, 6.07) is 3.72. The van der Waals surface area contributed by atoms with Gasteiger partial charge in [0.1, 0.15) is 23.8 Å². The largest absolute Gasteiger partial charge is 0.493 e. The maximum Gasteiger partial charge on any atom is 0.203 e. The zero-order chi connectivity index (χ0) is 20.7. The zero-order valence-electron chi connectivity index (χ0n) is 16.8. The lowest BCUT2D eigenvalue weighted by Gasteiger charge is -2.14. The smallest absolute Gasteiger partial charge is 0.203 e. The van der Waals surface area contributed by atoms with E-state index < -0.39 is 0 Å². The molecular weight excluding hydrogens is 386 g/mol. The molecule has 154 valence electrons. The molecule has 0 atom stereocenters. The second kappa shape index (κ2) is 7.21. The van der Waals surface area contributed by atoms with Crippen LogP contribution in [0.4, 0.5) is 11.6 Å². The van der Waals surface area contributed by atoms with Gasteiger partial charge in [0.05, 0.1) is 44.8 Å². The van der Waals surface area contributed by atoms with Crippen LogP contribution in [-0.4, -0.2) is 51.0 Å². The van der Waals surface area contributed by atoms with Crippen molar-refractivity contribution < 1.29 is 14.2 Å². The first-order valence-electron chi connectivity index (χ1n) is 9.52. The Morgan fingerprint density at radius 1 is 1.07 bits per heavy atom. The molecule has 10 nitrogen and oxygen atoms in total. The van der Waals surface area contributed by atoms with Gasteiger partial charge in [0.15, 0.2) is 17.1 Å². The SMILES string of the molecule is COc1cc(-n2cnc(Nc3nc(C4CC4)nc4[nH]ncc34)c2)cc(OC)c1OC. The molecule has 0 bridgehead atoms. The van der Waals surface area contributed by atoms with Crippen molar-refractivity contribution in [2.24, 2.45) is 0 Å². The van der Waals surface area contributed by atoms with Crippen molar-refractivity contribution in [2.75, 3.05) is 26.6 Å². The van der Waals surface area contributed by atoms with Crippen LogP contribution in [-0.2, 0) is 0 Å². The monoisotopic (exact) mass is 407 g/mol. The van der Waals surface area contributed by atoms with E-state index in [1.165, 1.54) is 0 Å². The van der Waals surface area contributed by atoms with Gasteiger partial charge in [-0.15, -0.1) is 0 Å². The summed E-state index contributed by atoms with van der Waals surface area (Å²) in [6.45, 7) is 0. The van der Waals surface area contributed by atoms with Gasteiger partial charge in [-0.2, -0.15) is 5.10 Å². The van der Waals surface area contributed by atoms with Crippen LogP contribution in [0.2, 0.25) is 0 Å². The first-order chi connectivity index (χ1) is 14.7. The van der Waals surface area contributed by atoms with E-state index in [1.807, 2.05) is 22.9 Å². The molecule has 1 aromatic carbocycles. The minimum absolute atomic E-state index is 0.426. The van der Waals surface area contributed by atoms with Crippen LogP contribution < -0.4 is 19.5 Å². The van der Waals surface area contributed by atoms with Crippen molar-refractivity contribution in [2.45, 2.75) is 18.8 Å². The van der Waals surface area contributed by atoms with Crippen LogP contribution in [0, 0.1) is 0 Å². The van der Waals surface area contributed by atoms with Crippen molar-refractivity contribution in [1.82, 2.24) is 29.7 Å². The summed E-state index contributed by atoms with van der Waals surface area (Å²) in [7, 11) is 4.75. The first-order valence-corrected chi connectivity index (χ1v) is 9.52. The van der Waals surface area contributed by atoms with Crippen LogP contribution in [0.25, 0.3) is 16.7 Å². The first kappa shape index (κ1) is 18.2. The molecule has 3 aromatic heterocycles. The fraction of sp³-hybridized carbons (Fsp3) is 0.300. The Kier molecular flexibility index (Phi) is 4.38. The van der Waals surface area contributed by atoms with E-state index in [4.69, 9.17) is 19.2 Å². The lowest BCUT2D eigenvalue weighted by atomic mass is 10.2. The normalized spacial score (nSPS) is 13.4. The molecule has 4 aromatic rings. The number of aromatic nitrogens is 6. The Labute approximate surface area is 172 Å². The molecule has 1 aliphatic rings. The topological polar surface area (TPSA) is 112 Å². The molecule has 1 saturated carbocycles. The highest BCUT2D eigenvalue weighted by atomic mass is 16.5. The number of hydrogen-bond acceptors (Lipinski definition) is 8. The van der Waals surface area contributed by atoms with E-state index >= 15 is 0 Å². The molecule has 0 saturated heterocycles. The summed E-state index contributed by atoms with van der Waals surface area (Å²) in [4.78, 5) is 13.7. The molecular formula is C20H21N7O3. The number of fused-ring (bicyclic) bond motifs is 1. The fourth-order valence-electron chi connectivity index (χ4n) is 3.34. The molecule has 1 fully saturated rings. The summed E-state index contributed by atoms with van der Waals surface area (Å²) in [5.41, 5.74) is 1.54. The standard InChI is InChI=1S/C20H21N7O3/c1-28-14-6-12(7-15(29-2)17(14)30-3)27-9-16(21-10-27)23-19-13-8-22-26-20(13)25-18(24-19)11-4-5-11/h6-11H,4-5H2,1-3H3,(H2,22,23,24,25,26). The van der Waals surface area contributed by atoms with Crippen LogP contribution in [0.1, 0.15) is 24.6 Å². The summed E-state index contributed by atoms with van der Waals surface area (Å²) >= 11 is 0. The van der Waals surface area contributed by atoms with Crippen LogP contribution in [0.3, 0.4) is 0 Å². The maximum atomic E-state index is 5.44. The van der Waals surface area contributed by atoms with Gasteiger partial charge in [-0.3, -0.25) is 5.10 Å². The second-order valence-corrected chi connectivity index (χ2v) is 7.01. The average Bonchev–Trinajstić information content (AvgIpc) is 3.33. The van der Waals surface area contributed by atoms with E-state index in [9.17, 15) is 0 Å². The van der Waals surface area contributed by atoms with E-state index in [1.54, 1.807) is 33.9 Å². The van der Waals surface area contributed by atoms with Gasteiger partial charge >= 0.3 is 0 Å². The summed E-state index contributed by atoms with van der Waals surface area (Å²) in [5.74, 6) is 4.27. The van der Waals surface area contributed by atoms with Crippen molar-refractivity contribution in [1.29, 1.82) is 0 Å². The summed E-state index contributed by atoms with van der Waals surface area (Å²) in [6.07, 6.45) is 7.53. The Morgan fingerprint density at radius 2 is 1.83 bits per heavy atom. The molecule has 0 unspecified atom stereocenters. The highest BCUT2D eigenvalue weighted by Gasteiger charge is 2.28. The van der Waals surface area contributed by atoms with E-state index in [-0.39, 0.29) is 0 Å². The Bertz CT molecular complexity index is 1190. The van der Waals surface area contributed by atoms with Crippen LogP contribution in [0.5, 0.6) is 17.2 Å². The Hall–Kier alpha value is -3.82. The third-order valence-corrected chi connectivity index (χ3v) is 5.05. The zero-order valence-corrected chi connectivity index (χ0v) is 16.8. The molecule has 3 heterocycles. The van der Waals surface area contributed by atoms with Gasteiger partial charge in [-0.1, -0.05) is 0 Å². The maximum absolute atomic E-state index is 5.44. The number of benzene rings is 1. The van der Waals surface area contributed by atoms with E-state index in [0.717, 1.165) is 35.4 Å². The number of methoxy groups -OCH3 is 3. The summed E-state index contributed by atoms with van der Waals surface area (Å²) in [5, 5.41) is 11.1. The molecule has 0 radical (unpaired) electrons. The summed E-state index contributed by atoms with van der Waals surface area (Å²) < 4.78 is 18.1. The molecule has 0 spiro atoms. The fourth-order valence-corrected chi connectivity index (χ4v) is 3.34. The van der Waals surface area contributed by atoms with Crippen molar-refractivity contribution >= 4 is 22.7 Å². The Balaban J connectivity index is 1.48. The van der Waals surface area contributed by atoms with E-state index in [0.29, 0.717) is 34.8 Å². The molecule has 1 aliphatic carbocycles. The molecule has 30 heavy (non-hydrogen) atoms. The van der Waals surface area contributed by atoms with Gasteiger partial charge in [0.25, 0.3) is 0 Å².